The fraction of sp³-hybridized carbons (Fsp3) is 0.650. The zero-order valence-corrected chi connectivity index (χ0v) is 19.5. The first-order valence-electron chi connectivity index (χ1n) is 9.78. The molecular weight excluding hydrogens is 476 g/mol. The highest BCUT2D eigenvalue weighted by molar-refractivity contribution is 14.0. The Labute approximate surface area is 182 Å². The Bertz CT molecular complexity index is 615. The first kappa shape index (κ1) is 24.3. The molecule has 1 aliphatic carbocycles. The highest BCUT2D eigenvalue weighted by Crippen LogP contribution is 2.23. The highest BCUT2D eigenvalue weighted by atomic mass is 127. The standard InChI is InChI=1S/C20H32FN3OS.HI/c1-3-22-20(23-13-7-9-16-8-5-10-17(21)14-16)24-18-11-6-12-19(15-18)26(25)4-2;/h5,8,10,14,18-19H,3-4,6-7,9,11-13,15H2,1-2H3,(H2,22,23,24);1H. The number of guanidine groups is 1. The van der Waals surface area contributed by atoms with E-state index in [2.05, 4.69) is 22.5 Å². The van der Waals surface area contributed by atoms with Crippen LogP contribution in [0.2, 0.25) is 0 Å². The van der Waals surface area contributed by atoms with Gasteiger partial charge in [0.05, 0.1) is 0 Å². The van der Waals surface area contributed by atoms with E-state index in [-0.39, 0.29) is 29.8 Å². The van der Waals surface area contributed by atoms with Gasteiger partial charge in [-0.1, -0.05) is 25.5 Å². The van der Waals surface area contributed by atoms with Crippen LogP contribution in [0.5, 0.6) is 0 Å². The van der Waals surface area contributed by atoms with E-state index in [0.717, 1.165) is 62.3 Å². The zero-order valence-electron chi connectivity index (χ0n) is 16.4. The molecule has 0 aliphatic heterocycles. The van der Waals surface area contributed by atoms with Gasteiger partial charge in [0.1, 0.15) is 5.82 Å². The van der Waals surface area contributed by atoms with Crippen LogP contribution in [0.3, 0.4) is 0 Å². The second-order valence-corrected chi connectivity index (χ2v) is 8.80. The predicted octanol–water partition coefficient (Wildman–Crippen LogP) is 4.01. The molecule has 3 atom stereocenters. The van der Waals surface area contributed by atoms with Crippen molar-refractivity contribution in [2.24, 2.45) is 4.99 Å². The van der Waals surface area contributed by atoms with Crippen molar-refractivity contribution in [3.63, 3.8) is 0 Å². The zero-order chi connectivity index (χ0) is 18.8. The number of benzene rings is 1. The average molecular weight is 509 g/mol. The summed E-state index contributed by atoms with van der Waals surface area (Å²) < 4.78 is 25.3. The number of halogens is 2. The SMILES string of the molecule is CCNC(=NCCCc1cccc(F)c1)NC1CCCC(S(=O)CC)C1.I. The molecule has 0 aromatic heterocycles. The number of rotatable bonds is 8. The number of aryl methyl sites for hydroxylation is 1. The first-order valence-corrected chi connectivity index (χ1v) is 11.2. The van der Waals surface area contributed by atoms with Crippen LogP contribution in [0.25, 0.3) is 0 Å². The van der Waals surface area contributed by atoms with Crippen LogP contribution in [0, 0.1) is 5.82 Å². The van der Waals surface area contributed by atoms with Crippen molar-refractivity contribution in [1.29, 1.82) is 0 Å². The minimum absolute atomic E-state index is 0. The smallest absolute Gasteiger partial charge is 0.191 e. The summed E-state index contributed by atoms with van der Waals surface area (Å²) in [5.41, 5.74) is 1.01. The molecule has 0 bridgehead atoms. The Morgan fingerprint density at radius 3 is 2.85 bits per heavy atom. The van der Waals surface area contributed by atoms with Crippen LogP contribution in [0.15, 0.2) is 29.3 Å². The van der Waals surface area contributed by atoms with E-state index in [9.17, 15) is 8.60 Å². The summed E-state index contributed by atoms with van der Waals surface area (Å²) in [6.45, 7) is 5.56. The first-order chi connectivity index (χ1) is 12.6. The van der Waals surface area contributed by atoms with Crippen molar-refractivity contribution >= 4 is 40.7 Å². The Morgan fingerprint density at radius 1 is 1.33 bits per heavy atom. The van der Waals surface area contributed by atoms with Crippen molar-refractivity contribution in [3.8, 4) is 0 Å². The van der Waals surface area contributed by atoms with Crippen molar-refractivity contribution in [2.45, 2.75) is 63.7 Å². The number of hydrogen-bond donors (Lipinski definition) is 2. The normalized spacial score (nSPS) is 21.2. The van der Waals surface area contributed by atoms with Crippen LogP contribution >= 0.6 is 24.0 Å². The number of aliphatic imine (C=N–C) groups is 1. The number of hydrogen-bond acceptors (Lipinski definition) is 2. The number of nitrogens with one attached hydrogen (secondary N) is 2. The van der Waals surface area contributed by atoms with Gasteiger partial charge >= 0.3 is 0 Å². The van der Waals surface area contributed by atoms with Gasteiger partial charge in [-0.05, 0) is 56.7 Å². The summed E-state index contributed by atoms with van der Waals surface area (Å²) in [5, 5.41) is 7.12. The topological polar surface area (TPSA) is 53.5 Å². The van der Waals surface area contributed by atoms with E-state index in [1.165, 1.54) is 6.07 Å². The fourth-order valence-electron chi connectivity index (χ4n) is 3.43. The molecule has 3 unspecified atom stereocenters. The molecule has 1 fully saturated rings. The Kier molecular flexibility index (Phi) is 12.1. The molecular formula is C20H33FIN3OS. The fourth-order valence-corrected chi connectivity index (χ4v) is 4.78. The quantitative estimate of drug-likeness (QED) is 0.241. The lowest BCUT2D eigenvalue weighted by molar-refractivity contribution is 0.413. The van der Waals surface area contributed by atoms with Gasteiger partial charge in [-0.2, -0.15) is 0 Å². The summed E-state index contributed by atoms with van der Waals surface area (Å²) in [5.74, 6) is 1.39. The molecule has 0 radical (unpaired) electrons. The average Bonchev–Trinajstić information content (AvgIpc) is 2.65. The van der Waals surface area contributed by atoms with Gasteiger partial charge in [0.2, 0.25) is 0 Å². The molecule has 0 heterocycles. The molecule has 0 saturated heterocycles. The monoisotopic (exact) mass is 509 g/mol. The molecule has 27 heavy (non-hydrogen) atoms. The predicted molar refractivity (Wildman–Crippen MR) is 124 cm³/mol. The van der Waals surface area contributed by atoms with Crippen LogP contribution in [0.1, 0.15) is 51.5 Å². The van der Waals surface area contributed by atoms with Crippen LogP contribution in [0.4, 0.5) is 4.39 Å². The Hall–Kier alpha value is -0.700. The molecule has 1 aromatic rings. The lowest BCUT2D eigenvalue weighted by atomic mass is 9.95. The van der Waals surface area contributed by atoms with Crippen molar-refractivity contribution in [1.82, 2.24) is 10.6 Å². The highest BCUT2D eigenvalue weighted by Gasteiger charge is 2.25. The van der Waals surface area contributed by atoms with Gasteiger partial charge in [-0.25, -0.2) is 4.39 Å². The van der Waals surface area contributed by atoms with Gasteiger partial charge in [-0.3, -0.25) is 9.20 Å². The van der Waals surface area contributed by atoms with Gasteiger partial charge in [0, 0.05) is 40.9 Å². The third-order valence-corrected chi connectivity index (χ3v) is 6.49. The lowest BCUT2D eigenvalue weighted by Crippen LogP contribution is -2.46. The van der Waals surface area contributed by atoms with Crippen molar-refractivity contribution in [3.05, 3.63) is 35.6 Å². The second kappa shape index (κ2) is 13.5. The molecule has 2 N–H and O–H groups in total. The van der Waals surface area contributed by atoms with E-state index in [1.807, 2.05) is 13.0 Å². The summed E-state index contributed by atoms with van der Waals surface area (Å²) in [6.07, 6.45) is 5.95. The Balaban J connectivity index is 0.00000364. The largest absolute Gasteiger partial charge is 0.357 e. The molecule has 4 nitrogen and oxygen atoms in total. The van der Waals surface area contributed by atoms with Gasteiger partial charge in [-0.15, -0.1) is 24.0 Å². The van der Waals surface area contributed by atoms with Crippen molar-refractivity contribution < 1.29 is 8.60 Å². The molecule has 1 aromatic carbocycles. The van der Waals surface area contributed by atoms with Gasteiger partial charge in [0.15, 0.2) is 5.96 Å². The number of nitrogens with zero attached hydrogens (tertiary/aromatic N) is 1. The minimum atomic E-state index is -0.714. The minimum Gasteiger partial charge on any atom is -0.357 e. The van der Waals surface area contributed by atoms with Gasteiger partial charge in [0.25, 0.3) is 0 Å². The van der Waals surface area contributed by atoms with Gasteiger partial charge < -0.3 is 10.6 Å². The summed E-state index contributed by atoms with van der Waals surface area (Å²) >= 11 is 0. The van der Waals surface area contributed by atoms with E-state index in [0.29, 0.717) is 17.8 Å². The molecule has 0 amide bonds. The third kappa shape index (κ3) is 8.89. The summed E-state index contributed by atoms with van der Waals surface area (Å²) in [4.78, 5) is 4.66. The molecule has 154 valence electrons. The molecule has 7 heteroatoms. The van der Waals surface area contributed by atoms with E-state index in [4.69, 9.17) is 0 Å². The third-order valence-electron chi connectivity index (χ3n) is 4.75. The lowest BCUT2D eigenvalue weighted by Gasteiger charge is -2.30. The van der Waals surface area contributed by atoms with Crippen LogP contribution in [-0.4, -0.2) is 40.3 Å². The van der Waals surface area contributed by atoms with E-state index >= 15 is 0 Å². The maximum atomic E-state index is 13.2. The molecule has 0 spiro atoms. The summed E-state index contributed by atoms with van der Waals surface area (Å²) in [6, 6.07) is 7.09. The molecule has 1 saturated carbocycles. The maximum Gasteiger partial charge on any atom is 0.191 e. The van der Waals surface area contributed by atoms with Crippen LogP contribution in [-0.2, 0) is 17.2 Å². The maximum absolute atomic E-state index is 13.2. The molecule has 1 aliphatic rings. The van der Waals surface area contributed by atoms with Crippen LogP contribution < -0.4 is 10.6 Å². The van der Waals surface area contributed by atoms with Crippen molar-refractivity contribution in [2.75, 3.05) is 18.8 Å². The van der Waals surface area contributed by atoms with E-state index < -0.39 is 10.8 Å². The van der Waals surface area contributed by atoms with E-state index in [1.54, 1.807) is 12.1 Å². The Morgan fingerprint density at radius 2 is 2.15 bits per heavy atom. The second-order valence-electron chi connectivity index (χ2n) is 6.79. The molecule has 2 rings (SSSR count). The summed E-state index contributed by atoms with van der Waals surface area (Å²) in [7, 11) is -0.714.